The Kier molecular flexibility index (Phi) is 15.5. The minimum absolute atomic E-state index is 0.0230. The highest BCUT2D eigenvalue weighted by atomic mass is 16.7. The lowest BCUT2D eigenvalue weighted by Gasteiger charge is -2.62. The lowest BCUT2D eigenvalue weighted by atomic mass is 9.43. The molecule has 7 fully saturated rings. The van der Waals surface area contributed by atoms with Crippen molar-refractivity contribution < 1.29 is 89.7 Å². The summed E-state index contributed by atoms with van der Waals surface area (Å²) >= 11 is 0. The van der Waals surface area contributed by atoms with Crippen molar-refractivity contribution in [3.63, 3.8) is 0 Å². The molecule has 18 nitrogen and oxygen atoms in total. The summed E-state index contributed by atoms with van der Waals surface area (Å²) in [4.78, 5) is 0. The molecule has 7 rings (SSSR count). The molecule has 0 radical (unpaired) electrons. The molecule has 4 aliphatic carbocycles. The second-order valence-electron chi connectivity index (χ2n) is 20.9. The SMILES string of the molecule is CC(C)CC[C@H](O)[C@@H](C)[C@H]1[C@@H](O[C@@H]2OC[C@@H](O)[C@H](O)[C@H]2O)C[C@H]2[C@@H]3CC[C@H]4C[C@@H](O[C@@H]5O[C@H](CO)[C@H](O[C@@H]6O[C@H](CO)[C@@H](O)[C@H](O)[C@H]6O)[C@H](O)[C@H]5O)CC[C@]4(C)[C@H]3C[C@H](O)[C@]12C. The molecule has 0 aromatic heterocycles. The van der Waals surface area contributed by atoms with E-state index in [1.54, 1.807) is 0 Å². The fourth-order valence-electron chi connectivity index (χ4n) is 13.3. The summed E-state index contributed by atoms with van der Waals surface area (Å²) in [5, 5.41) is 129. The van der Waals surface area contributed by atoms with Gasteiger partial charge in [0.2, 0.25) is 0 Å². The van der Waals surface area contributed by atoms with Crippen LogP contribution in [0.25, 0.3) is 0 Å². The van der Waals surface area contributed by atoms with Gasteiger partial charge in [0.05, 0.1) is 44.2 Å². The van der Waals surface area contributed by atoms with Gasteiger partial charge in [-0.2, -0.15) is 0 Å². The van der Waals surface area contributed by atoms with Gasteiger partial charge in [0.25, 0.3) is 0 Å². The summed E-state index contributed by atoms with van der Waals surface area (Å²) in [6, 6.07) is 0. The Morgan fingerprint density at radius 3 is 1.97 bits per heavy atom. The molecule has 26 atom stereocenters. The van der Waals surface area contributed by atoms with Crippen molar-refractivity contribution in [1.29, 1.82) is 0 Å². The maximum Gasteiger partial charge on any atom is 0.187 e. The Morgan fingerprint density at radius 2 is 1.29 bits per heavy atom. The molecule has 0 amide bonds. The molecule has 12 N–H and O–H groups in total. The van der Waals surface area contributed by atoms with E-state index in [0.717, 1.165) is 25.7 Å². The van der Waals surface area contributed by atoms with Gasteiger partial charge in [0, 0.05) is 5.41 Å². The van der Waals surface area contributed by atoms with E-state index in [4.69, 9.17) is 28.4 Å². The average Bonchev–Trinajstić information content (AvgIpc) is 3.55. The second kappa shape index (κ2) is 19.5. The first-order chi connectivity index (χ1) is 29.3. The number of fused-ring (bicyclic) bond motifs is 5. The summed E-state index contributed by atoms with van der Waals surface area (Å²) in [5.74, 6) is 0.453. The number of aliphatic hydroxyl groups excluding tert-OH is 12. The van der Waals surface area contributed by atoms with Crippen LogP contribution in [-0.2, 0) is 28.4 Å². The van der Waals surface area contributed by atoms with Gasteiger partial charge in [-0.05, 0) is 105 Å². The number of hydrogen-bond donors (Lipinski definition) is 12. The van der Waals surface area contributed by atoms with Gasteiger partial charge < -0.3 is 89.7 Å². The number of hydrogen-bond acceptors (Lipinski definition) is 18. The zero-order chi connectivity index (χ0) is 45.2. The van der Waals surface area contributed by atoms with Gasteiger partial charge in [-0.15, -0.1) is 0 Å². The lowest BCUT2D eigenvalue weighted by molar-refractivity contribution is -0.364. The van der Waals surface area contributed by atoms with Gasteiger partial charge in [-0.25, -0.2) is 0 Å². The van der Waals surface area contributed by atoms with Gasteiger partial charge >= 0.3 is 0 Å². The molecule has 3 saturated heterocycles. The fraction of sp³-hybridized carbons (Fsp3) is 1.00. The smallest absolute Gasteiger partial charge is 0.187 e. The van der Waals surface area contributed by atoms with Crippen molar-refractivity contribution in [2.45, 2.75) is 203 Å². The molecular formula is C44H76O18. The summed E-state index contributed by atoms with van der Waals surface area (Å²) in [5.41, 5.74) is -0.803. The minimum Gasteiger partial charge on any atom is -0.394 e. The van der Waals surface area contributed by atoms with E-state index in [2.05, 4.69) is 27.7 Å². The van der Waals surface area contributed by atoms with E-state index in [1.165, 1.54) is 0 Å². The Labute approximate surface area is 364 Å². The number of rotatable bonds is 13. The maximum atomic E-state index is 12.4. The quantitative estimate of drug-likeness (QED) is 0.0937. The van der Waals surface area contributed by atoms with Crippen LogP contribution >= 0.6 is 0 Å². The second-order valence-corrected chi connectivity index (χ2v) is 20.9. The Balaban J connectivity index is 1.03. The van der Waals surface area contributed by atoms with Crippen molar-refractivity contribution in [2.75, 3.05) is 19.8 Å². The molecule has 0 aromatic rings. The first kappa shape index (κ1) is 49.2. The summed E-state index contributed by atoms with van der Waals surface area (Å²) in [7, 11) is 0. The predicted octanol–water partition coefficient (Wildman–Crippen LogP) is -1.51. The molecular weight excluding hydrogens is 816 g/mol. The molecule has 3 heterocycles. The van der Waals surface area contributed by atoms with E-state index >= 15 is 0 Å². The summed E-state index contributed by atoms with van der Waals surface area (Å²) in [6.07, 6.45) is -16.6. The number of aliphatic hydroxyl groups is 12. The Bertz CT molecular complexity index is 1460. The van der Waals surface area contributed by atoms with Crippen LogP contribution in [0.3, 0.4) is 0 Å². The van der Waals surface area contributed by atoms with Gasteiger partial charge in [0.1, 0.15) is 67.1 Å². The topological polar surface area (TPSA) is 298 Å². The fourth-order valence-corrected chi connectivity index (χ4v) is 13.3. The van der Waals surface area contributed by atoms with Crippen LogP contribution in [0.5, 0.6) is 0 Å². The van der Waals surface area contributed by atoms with Crippen molar-refractivity contribution in [3.05, 3.63) is 0 Å². The van der Waals surface area contributed by atoms with Gasteiger partial charge in [0.15, 0.2) is 18.9 Å². The highest BCUT2D eigenvalue weighted by Gasteiger charge is 2.67. The van der Waals surface area contributed by atoms with Crippen LogP contribution in [0.1, 0.15) is 92.4 Å². The first-order valence-corrected chi connectivity index (χ1v) is 23.2. The van der Waals surface area contributed by atoms with Gasteiger partial charge in [-0.3, -0.25) is 0 Å². The van der Waals surface area contributed by atoms with Crippen molar-refractivity contribution in [2.24, 2.45) is 52.3 Å². The van der Waals surface area contributed by atoms with E-state index < -0.39 is 123 Å². The van der Waals surface area contributed by atoms with E-state index in [9.17, 15) is 61.3 Å². The molecule has 0 aromatic carbocycles. The Morgan fingerprint density at radius 1 is 0.645 bits per heavy atom. The minimum atomic E-state index is -1.77. The number of ether oxygens (including phenoxy) is 6. The van der Waals surface area contributed by atoms with Gasteiger partial charge in [-0.1, -0.05) is 34.6 Å². The van der Waals surface area contributed by atoms with Crippen LogP contribution in [0.4, 0.5) is 0 Å². The third kappa shape index (κ3) is 8.92. The standard InChI is InChI=1S/C44H76O18/c1-18(2)6-9-25(47)19(3)31-27(59-40-36(54)32(50)26(48)17-57-40)13-24-22-8-7-20-12-21(10-11-43(20,4)23(22)14-30(49)44(24,31)5)58-41-38(56)35(53)39(29(16-46)61-41)62-42-37(55)34(52)33(51)28(15-45)60-42/h18-42,45-56H,6-17H2,1-5H3/t19-,20+,21+,22-,23+,24+,25+,26-,27+,28-,29-,30+,31+,32+,33-,34+,35-,36-,37-,38-,39+,40+,41-,42+,43+,44-/m1/s1. The predicted molar refractivity (Wildman–Crippen MR) is 215 cm³/mol. The van der Waals surface area contributed by atoms with Crippen molar-refractivity contribution in [3.8, 4) is 0 Å². The summed E-state index contributed by atoms with van der Waals surface area (Å²) in [6.45, 7) is 9.15. The lowest BCUT2D eigenvalue weighted by Crippen LogP contribution is -2.65. The van der Waals surface area contributed by atoms with Crippen LogP contribution in [0.2, 0.25) is 0 Å². The Hall–Kier alpha value is -0.720. The normalized spacial score (nSPS) is 53.1. The monoisotopic (exact) mass is 893 g/mol. The zero-order valence-electron chi connectivity index (χ0n) is 36.7. The third-order valence-corrected chi connectivity index (χ3v) is 17.1. The molecule has 4 saturated carbocycles. The van der Waals surface area contributed by atoms with E-state index in [1.807, 2.05) is 6.92 Å². The molecule has 7 aliphatic rings. The van der Waals surface area contributed by atoms with Crippen LogP contribution in [0, 0.1) is 52.3 Å². The third-order valence-electron chi connectivity index (χ3n) is 17.1. The van der Waals surface area contributed by atoms with Crippen molar-refractivity contribution in [1.82, 2.24) is 0 Å². The molecule has 18 heteroatoms. The average molecular weight is 893 g/mol. The van der Waals surface area contributed by atoms with Crippen LogP contribution in [-0.4, -0.2) is 192 Å². The maximum absolute atomic E-state index is 12.4. The van der Waals surface area contributed by atoms with Crippen LogP contribution in [0.15, 0.2) is 0 Å². The van der Waals surface area contributed by atoms with Crippen molar-refractivity contribution >= 4 is 0 Å². The summed E-state index contributed by atoms with van der Waals surface area (Å²) < 4.78 is 35.8. The molecule has 0 unspecified atom stereocenters. The molecule has 62 heavy (non-hydrogen) atoms. The highest BCUT2D eigenvalue weighted by molar-refractivity contribution is 5.15. The molecule has 3 aliphatic heterocycles. The van der Waals surface area contributed by atoms with Crippen LogP contribution < -0.4 is 0 Å². The van der Waals surface area contributed by atoms with E-state index in [-0.39, 0.29) is 53.6 Å². The largest absolute Gasteiger partial charge is 0.394 e. The zero-order valence-corrected chi connectivity index (χ0v) is 36.7. The van der Waals surface area contributed by atoms with E-state index in [0.29, 0.717) is 38.0 Å². The highest BCUT2D eigenvalue weighted by Crippen LogP contribution is 2.69. The molecule has 0 bridgehead atoms. The first-order valence-electron chi connectivity index (χ1n) is 23.2. The molecule has 360 valence electrons. The molecule has 0 spiro atoms.